The number of aliphatic hydroxyl groups excluding tert-OH is 1. The molecule has 1 aliphatic carbocycles. The van der Waals surface area contributed by atoms with E-state index in [-0.39, 0.29) is 46.9 Å². The number of hydrogen-bond acceptors (Lipinski definition) is 5. The summed E-state index contributed by atoms with van der Waals surface area (Å²) in [7, 11) is 0. The van der Waals surface area contributed by atoms with Crippen LogP contribution in [0.4, 0.5) is 13.2 Å². The molecule has 1 amide bonds. The number of benzene rings is 2. The van der Waals surface area contributed by atoms with Gasteiger partial charge in [-0.1, -0.05) is 24.3 Å². The lowest BCUT2D eigenvalue weighted by Crippen LogP contribution is -2.42. The van der Waals surface area contributed by atoms with Gasteiger partial charge in [-0.15, -0.1) is 0 Å². The van der Waals surface area contributed by atoms with Crippen molar-refractivity contribution in [1.29, 1.82) is 0 Å². The van der Waals surface area contributed by atoms with Gasteiger partial charge in [0.15, 0.2) is 0 Å². The van der Waals surface area contributed by atoms with Crippen LogP contribution in [0.1, 0.15) is 46.8 Å². The molecule has 1 saturated heterocycles. The van der Waals surface area contributed by atoms with Gasteiger partial charge in [-0.25, -0.2) is 0 Å². The van der Waals surface area contributed by atoms with Gasteiger partial charge in [0.2, 0.25) is 5.60 Å². The molecule has 1 heterocycles. The molecule has 2 aliphatic rings. The first kappa shape index (κ1) is 24.0. The summed E-state index contributed by atoms with van der Waals surface area (Å²) in [5, 5.41) is 25.6. The number of halogens is 3. The Morgan fingerprint density at radius 2 is 1.91 bits per heavy atom. The standard InChI is InChI=1S/C25H26F3N3O3/c1-16(15-31(29-2)11-12-32)19-13-17(23(33)30-9-5-6-10-30)14-21-22(19)18-7-3-4-8-20(18)24(21,34)25(26,27)28/h3-4,7-8,13-15,32,34H,2,5-6,9-12H2,1H3/b16-15+. The number of carbonyl (C=O) groups excluding carboxylic acids is 1. The number of aliphatic hydroxyl groups is 2. The lowest BCUT2D eigenvalue weighted by molar-refractivity contribution is -0.246. The van der Waals surface area contributed by atoms with Crippen molar-refractivity contribution in [2.45, 2.75) is 31.5 Å². The van der Waals surface area contributed by atoms with Crippen molar-refractivity contribution in [3.05, 3.63) is 64.9 Å². The lowest BCUT2D eigenvalue weighted by atomic mass is 9.87. The number of amides is 1. The molecule has 180 valence electrons. The minimum atomic E-state index is -5.01. The van der Waals surface area contributed by atoms with Gasteiger partial charge >= 0.3 is 6.18 Å². The number of fused-ring (bicyclic) bond motifs is 3. The van der Waals surface area contributed by atoms with Crippen molar-refractivity contribution >= 4 is 18.2 Å². The molecule has 4 rings (SSSR count). The molecule has 2 N–H and O–H groups in total. The predicted molar refractivity (Wildman–Crippen MR) is 123 cm³/mol. The van der Waals surface area contributed by atoms with E-state index >= 15 is 0 Å². The average Bonchev–Trinajstić information content (AvgIpc) is 3.44. The molecule has 1 fully saturated rings. The number of alkyl halides is 3. The van der Waals surface area contributed by atoms with Crippen LogP contribution in [0.5, 0.6) is 0 Å². The van der Waals surface area contributed by atoms with Crippen LogP contribution in [0.25, 0.3) is 16.7 Å². The van der Waals surface area contributed by atoms with Crippen LogP contribution in [0.15, 0.2) is 47.7 Å². The number of carbonyl (C=O) groups is 1. The van der Waals surface area contributed by atoms with Crippen molar-refractivity contribution in [2.75, 3.05) is 26.2 Å². The van der Waals surface area contributed by atoms with Gasteiger partial charge in [-0.2, -0.15) is 18.3 Å². The van der Waals surface area contributed by atoms with E-state index in [1.54, 1.807) is 30.2 Å². The summed E-state index contributed by atoms with van der Waals surface area (Å²) >= 11 is 0. The fourth-order valence-electron chi connectivity index (χ4n) is 4.79. The molecule has 0 saturated carbocycles. The third kappa shape index (κ3) is 3.78. The number of allylic oxidation sites excluding steroid dienone is 1. The van der Waals surface area contributed by atoms with Gasteiger partial charge in [0.1, 0.15) is 0 Å². The zero-order chi connectivity index (χ0) is 24.7. The average molecular weight is 473 g/mol. The zero-order valence-electron chi connectivity index (χ0n) is 18.8. The summed E-state index contributed by atoms with van der Waals surface area (Å²) in [5.41, 5.74) is -2.46. The predicted octanol–water partition coefficient (Wildman–Crippen LogP) is 3.97. The van der Waals surface area contributed by atoms with Crippen LogP contribution >= 0.6 is 0 Å². The summed E-state index contributed by atoms with van der Waals surface area (Å²) in [6, 6.07) is 8.61. The van der Waals surface area contributed by atoms with Crippen LogP contribution in [-0.4, -0.2) is 65.2 Å². The third-order valence-corrected chi connectivity index (χ3v) is 6.44. The van der Waals surface area contributed by atoms with Crippen LogP contribution in [0.2, 0.25) is 0 Å². The number of hydrazone groups is 1. The largest absolute Gasteiger partial charge is 0.425 e. The Hall–Kier alpha value is -3.17. The molecule has 6 nitrogen and oxygen atoms in total. The number of hydrogen-bond donors (Lipinski definition) is 2. The molecule has 0 bridgehead atoms. The first-order chi connectivity index (χ1) is 16.1. The lowest BCUT2D eigenvalue weighted by Gasteiger charge is -2.29. The molecule has 0 aromatic heterocycles. The molecular formula is C25H26F3N3O3. The van der Waals surface area contributed by atoms with E-state index in [1.807, 2.05) is 0 Å². The first-order valence-corrected chi connectivity index (χ1v) is 11.0. The summed E-state index contributed by atoms with van der Waals surface area (Å²) in [6.07, 6.45) is -1.79. The second kappa shape index (κ2) is 8.88. The minimum Gasteiger partial charge on any atom is -0.394 e. The molecule has 1 unspecified atom stereocenters. The van der Waals surface area contributed by atoms with Gasteiger partial charge in [-0.3, -0.25) is 9.80 Å². The van der Waals surface area contributed by atoms with Crippen molar-refractivity contribution in [1.82, 2.24) is 9.91 Å². The molecular weight excluding hydrogens is 447 g/mol. The maximum absolute atomic E-state index is 14.4. The molecule has 1 atom stereocenters. The number of nitrogens with zero attached hydrogens (tertiary/aromatic N) is 3. The number of likely N-dealkylation sites (tertiary alicyclic amines) is 1. The van der Waals surface area contributed by atoms with Crippen molar-refractivity contribution < 1.29 is 28.2 Å². The summed E-state index contributed by atoms with van der Waals surface area (Å²) in [5.74, 6) is -0.371. The highest BCUT2D eigenvalue weighted by Crippen LogP contribution is 2.56. The van der Waals surface area contributed by atoms with E-state index in [2.05, 4.69) is 11.8 Å². The van der Waals surface area contributed by atoms with E-state index < -0.39 is 11.8 Å². The normalized spacial score (nSPS) is 19.7. The number of rotatable bonds is 6. The molecule has 9 heteroatoms. The summed E-state index contributed by atoms with van der Waals surface area (Å²) in [4.78, 5) is 14.8. The highest BCUT2D eigenvalue weighted by atomic mass is 19.4. The third-order valence-electron chi connectivity index (χ3n) is 6.44. The van der Waals surface area contributed by atoms with Gasteiger partial charge in [0, 0.05) is 42.7 Å². The maximum atomic E-state index is 14.4. The Kier molecular flexibility index (Phi) is 6.26. The summed E-state index contributed by atoms with van der Waals surface area (Å²) in [6.45, 7) is 6.15. The van der Waals surface area contributed by atoms with E-state index in [0.717, 1.165) is 12.8 Å². The van der Waals surface area contributed by atoms with Crippen LogP contribution < -0.4 is 0 Å². The van der Waals surface area contributed by atoms with E-state index in [0.29, 0.717) is 24.2 Å². The van der Waals surface area contributed by atoms with Gasteiger partial charge in [0.05, 0.1) is 13.2 Å². The van der Waals surface area contributed by atoms with E-state index in [9.17, 15) is 28.2 Å². The molecule has 2 aromatic carbocycles. The Morgan fingerprint density at radius 3 is 2.53 bits per heavy atom. The van der Waals surface area contributed by atoms with Gasteiger partial charge in [-0.05, 0) is 54.2 Å². The smallest absolute Gasteiger partial charge is 0.394 e. The van der Waals surface area contributed by atoms with Crippen molar-refractivity contribution in [2.24, 2.45) is 5.10 Å². The van der Waals surface area contributed by atoms with E-state index in [4.69, 9.17) is 0 Å². The Morgan fingerprint density at radius 1 is 1.24 bits per heavy atom. The van der Waals surface area contributed by atoms with Crippen molar-refractivity contribution in [3.63, 3.8) is 0 Å². The molecule has 0 radical (unpaired) electrons. The quantitative estimate of drug-likeness (QED) is 0.492. The monoisotopic (exact) mass is 473 g/mol. The first-order valence-electron chi connectivity index (χ1n) is 11.0. The molecule has 1 aliphatic heterocycles. The van der Waals surface area contributed by atoms with Crippen LogP contribution in [0.3, 0.4) is 0 Å². The fraction of sp³-hybridized carbons (Fsp3) is 0.360. The molecule has 2 aromatic rings. The minimum absolute atomic E-state index is 0.0825. The highest BCUT2D eigenvalue weighted by Gasteiger charge is 2.61. The van der Waals surface area contributed by atoms with E-state index in [1.165, 1.54) is 29.3 Å². The van der Waals surface area contributed by atoms with Gasteiger partial charge in [0.25, 0.3) is 5.91 Å². The van der Waals surface area contributed by atoms with Crippen LogP contribution in [0, 0.1) is 0 Å². The van der Waals surface area contributed by atoms with Crippen LogP contribution in [-0.2, 0) is 5.60 Å². The fourth-order valence-corrected chi connectivity index (χ4v) is 4.79. The summed E-state index contributed by atoms with van der Waals surface area (Å²) < 4.78 is 43.2. The zero-order valence-corrected chi connectivity index (χ0v) is 18.8. The Bertz CT molecular complexity index is 1160. The highest BCUT2D eigenvalue weighted by molar-refractivity contribution is 5.99. The molecule has 34 heavy (non-hydrogen) atoms. The molecule has 0 spiro atoms. The second-order valence-corrected chi connectivity index (χ2v) is 8.54. The van der Waals surface area contributed by atoms with Gasteiger partial charge < -0.3 is 15.1 Å². The second-order valence-electron chi connectivity index (χ2n) is 8.54. The SMILES string of the molecule is C=NN(/C=C(\C)c1cc(C(=O)N2CCCC2)cc2c1-c1ccccc1C2(O)C(F)(F)F)CCO. The maximum Gasteiger partial charge on any atom is 0.425 e. The van der Waals surface area contributed by atoms with Crippen molar-refractivity contribution in [3.8, 4) is 11.1 Å². The Labute approximate surface area is 195 Å². The topological polar surface area (TPSA) is 76.4 Å². The Balaban J connectivity index is 2.00.